The Morgan fingerprint density at radius 1 is 1.36 bits per heavy atom. The van der Waals surface area contributed by atoms with Crippen LogP contribution in [0.15, 0.2) is 24.3 Å². The molecule has 1 aromatic carbocycles. The molecule has 1 aromatic rings. The molecule has 9 heteroatoms. The number of carboxylic acids is 1. The van der Waals surface area contributed by atoms with Gasteiger partial charge in [0.1, 0.15) is 11.8 Å². The molecule has 0 radical (unpaired) electrons. The summed E-state index contributed by atoms with van der Waals surface area (Å²) in [6.07, 6.45) is -1.61. The van der Waals surface area contributed by atoms with E-state index in [0.29, 0.717) is 0 Å². The van der Waals surface area contributed by atoms with Gasteiger partial charge in [-0.05, 0) is 18.6 Å². The summed E-state index contributed by atoms with van der Waals surface area (Å²) < 4.78 is 44.6. The van der Waals surface area contributed by atoms with Gasteiger partial charge in [0.2, 0.25) is 0 Å². The lowest BCUT2D eigenvalue weighted by atomic mass is 9.77. The first-order chi connectivity index (χ1) is 11.7. The minimum absolute atomic E-state index is 0.0398. The molecule has 1 heterocycles. The number of methoxy groups -OCH3 is 1. The molecule has 0 unspecified atom stereocenters. The minimum atomic E-state index is -5.24. The first-order valence-corrected chi connectivity index (χ1v) is 7.72. The van der Waals surface area contributed by atoms with Gasteiger partial charge in [-0.25, -0.2) is 4.79 Å². The van der Waals surface area contributed by atoms with Gasteiger partial charge in [0.05, 0.1) is 12.8 Å². The highest BCUT2D eigenvalue weighted by molar-refractivity contribution is 6.32. The van der Waals surface area contributed by atoms with E-state index >= 15 is 0 Å². The number of amides is 1. The van der Waals surface area contributed by atoms with Crippen molar-refractivity contribution in [1.29, 1.82) is 0 Å². The maximum atomic E-state index is 13.2. The van der Waals surface area contributed by atoms with Crippen molar-refractivity contribution in [3.8, 4) is 5.75 Å². The number of allylic oxidation sites excluding steroid dienone is 2. The molecule has 0 aromatic heterocycles. The highest BCUT2D eigenvalue weighted by Gasteiger charge is 2.55. The largest absolute Gasteiger partial charge is 0.495 e. The molecule has 134 valence electrons. The van der Waals surface area contributed by atoms with Crippen LogP contribution in [0.1, 0.15) is 17.9 Å². The zero-order chi connectivity index (χ0) is 18.5. The molecule has 1 aliphatic heterocycles. The predicted octanol–water partition coefficient (Wildman–Crippen LogP) is 3.37. The zero-order valence-electron chi connectivity index (χ0n) is 12.9. The number of carboxylic acid groups (broad SMARTS) is 1. The molecule has 1 amide bonds. The van der Waals surface area contributed by atoms with Gasteiger partial charge in [-0.15, -0.1) is 0 Å². The second-order valence-electron chi connectivity index (χ2n) is 5.82. The number of nitrogens with zero attached hydrogens (tertiary/aromatic N) is 1. The number of carbonyl (C=O) groups is 2. The van der Waals surface area contributed by atoms with Gasteiger partial charge in [0.15, 0.2) is 0 Å². The molecule has 0 saturated carbocycles. The molecule has 25 heavy (non-hydrogen) atoms. The molecule has 1 aliphatic carbocycles. The fraction of sp³-hybridized carbons (Fsp3) is 0.375. The second kappa shape index (κ2) is 5.94. The highest BCUT2D eigenvalue weighted by Crippen LogP contribution is 2.53. The van der Waals surface area contributed by atoms with Gasteiger partial charge in [-0.3, -0.25) is 9.69 Å². The molecule has 3 atom stereocenters. The Labute approximate surface area is 145 Å². The van der Waals surface area contributed by atoms with Crippen LogP contribution in [0.2, 0.25) is 5.02 Å². The number of halogens is 4. The van der Waals surface area contributed by atoms with E-state index in [4.69, 9.17) is 16.3 Å². The van der Waals surface area contributed by atoms with E-state index in [1.54, 1.807) is 12.2 Å². The number of fused-ring (bicyclic) bond motifs is 3. The summed E-state index contributed by atoms with van der Waals surface area (Å²) >= 11 is 6.19. The Kier molecular flexibility index (Phi) is 4.18. The smallest absolute Gasteiger partial charge is 0.471 e. The zero-order valence-corrected chi connectivity index (χ0v) is 13.6. The van der Waals surface area contributed by atoms with Gasteiger partial charge in [-0.2, -0.15) is 13.2 Å². The SMILES string of the molecule is COc1ccc(Cl)c2c1N(C(=O)C(F)(F)F)[C@@H](C(=O)O)[C@H]1CC=C[C@@H]21. The van der Waals surface area contributed by atoms with E-state index in [0.717, 1.165) is 0 Å². The van der Waals surface area contributed by atoms with Crippen LogP contribution in [-0.4, -0.2) is 36.3 Å². The molecular weight excluding hydrogens is 363 g/mol. The van der Waals surface area contributed by atoms with Crippen molar-refractivity contribution in [3.05, 3.63) is 34.9 Å². The summed E-state index contributed by atoms with van der Waals surface area (Å²) in [5.74, 6) is -5.05. The number of hydrogen-bond donors (Lipinski definition) is 1. The second-order valence-corrected chi connectivity index (χ2v) is 6.23. The number of alkyl halides is 3. The number of carbonyl (C=O) groups excluding carboxylic acids is 1. The lowest BCUT2D eigenvalue weighted by Crippen LogP contribution is -2.57. The maximum Gasteiger partial charge on any atom is 0.471 e. The van der Waals surface area contributed by atoms with E-state index in [1.165, 1.54) is 19.2 Å². The number of ether oxygens (including phenoxy) is 1. The lowest BCUT2D eigenvalue weighted by molar-refractivity contribution is -0.172. The van der Waals surface area contributed by atoms with Gasteiger partial charge in [0, 0.05) is 22.4 Å². The summed E-state index contributed by atoms with van der Waals surface area (Å²) in [4.78, 5) is 24.1. The van der Waals surface area contributed by atoms with Crippen LogP contribution in [0.5, 0.6) is 5.75 Å². The minimum Gasteiger partial charge on any atom is -0.495 e. The predicted molar refractivity (Wildman–Crippen MR) is 83.0 cm³/mol. The Hall–Kier alpha value is -2.22. The highest BCUT2D eigenvalue weighted by atomic mass is 35.5. The van der Waals surface area contributed by atoms with Crippen LogP contribution in [0.25, 0.3) is 0 Å². The van der Waals surface area contributed by atoms with E-state index < -0.39 is 35.9 Å². The van der Waals surface area contributed by atoms with Crippen molar-refractivity contribution in [1.82, 2.24) is 0 Å². The van der Waals surface area contributed by atoms with E-state index in [9.17, 15) is 27.9 Å². The number of rotatable bonds is 2. The number of benzene rings is 1. The molecule has 5 nitrogen and oxygen atoms in total. The average Bonchev–Trinajstić information content (AvgIpc) is 3.00. The fourth-order valence-electron chi connectivity index (χ4n) is 3.59. The number of hydrogen-bond acceptors (Lipinski definition) is 3. The molecule has 0 bridgehead atoms. The molecule has 3 rings (SSSR count). The van der Waals surface area contributed by atoms with Crippen LogP contribution in [0, 0.1) is 5.92 Å². The summed E-state index contributed by atoms with van der Waals surface area (Å²) in [5, 5.41) is 9.72. The van der Waals surface area contributed by atoms with Crippen LogP contribution < -0.4 is 9.64 Å². The number of aliphatic carboxylic acids is 1. The Bertz CT molecular complexity index is 777. The Morgan fingerprint density at radius 3 is 2.60 bits per heavy atom. The molecule has 0 spiro atoms. The van der Waals surface area contributed by atoms with Gasteiger partial charge >= 0.3 is 18.1 Å². The summed E-state index contributed by atoms with van der Waals surface area (Å²) in [6, 6.07) is 1.10. The Balaban J connectivity index is 2.32. The lowest BCUT2D eigenvalue weighted by Gasteiger charge is -2.42. The van der Waals surface area contributed by atoms with Crippen LogP contribution in [-0.2, 0) is 9.59 Å². The summed E-state index contributed by atoms with van der Waals surface area (Å²) in [5.41, 5.74) is 0.0346. The Morgan fingerprint density at radius 2 is 2.04 bits per heavy atom. The summed E-state index contributed by atoms with van der Waals surface area (Å²) in [6.45, 7) is 0. The van der Waals surface area contributed by atoms with Crippen molar-refractivity contribution in [3.63, 3.8) is 0 Å². The molecular formula is C16H13ClF3NO4. The first kappa shape index (κ1) is 17.6. The third kappa shape index (κ3) is 2.64. The van der Waals surface area contributed by atoms with Crippen molar-refractivity contribution in [2.24, 2.45) is 5.92 Å². The quantitative estimate of drug-likeness (QED) is 0.805. The topological polar surface area (TPSA) is 66.8 Å². The normalized spacial score (nSPS) is 24.7. The maximum absolute atomic E-state index is 13.2. The van der Waals surface area contributed by atoms with Gasteiger partial charge < -0.3 is 9.84 Å². The van der Waals surface area contributed by atoms with Crippen molar-refractivity contribution >= 4 is 29.2 Å². The molecule has 0 saturated heterocycles. The molecule has 2 aliphatic rings. The molecule has 1 N–H and O–H groups in total. The van der Waals surface area contributed by atoms with E-state index in [1.807, 2.05) is 0 Å². The third-order valence-corrected chi connectivity index (χ3v) is 4.86. The van der Waals surface area contributed by atoms with Crippen LogP contribution in [0.4, 0.5) is 18.9 Å². The first-order valence-electron chi connectivity index (χ1n) is 7.34. The van der Waals surface area contributed by atoms with Gasteiger partial charge in [-0.1, -0.05) is 23.8 Å². The van der Waals surface area contributed by atoms with Crippen molar-refractivity contribution in [2.45, 2.75) is 24.6 Å². The third-order valence-electron chi connectivity index (χ3n) is 4.53. The van der Waals surface area contributed by atoms with E-state index in [2.05, 4.69) is 0 Å². The monoisotopic (exact) mass is 375 g/mol. The van der Waals surface area contributed by atoms with Crippen molar-refractivity contribution in [2.75, 3.05) is 12.0 Å². The standard InChI is InChI=1S/C16H13ClF3NO4/c1-25-10-6-5-9(17)11-7-3-2-4-8(7)12(14(22)23)21(13(10)11)15(24)16(18,19)20/h2-3,5-8,12H,4H2,1H3,(H,22,23)/t7-,8+,12-/m1/s1. The van der Waals surface area contributed by atoms with Gasteiger partial charge in [0.25, 0.3) is 0 Å². The average molecular weight is 376 g/mol. The molecule has 0 fully saturated rings. The fourth-order valence-corrected chi connectivity index (χ4v) is 3.87. The van der Waals surface area contributed by atoms with Crippen LogP contribution in [0.3, 0.4) is 0 Å². The van der Waals surface area contributed by atoms with Crippen molar-refractivity contribution < 1.29 is 32.6 Å². The number of anilines is 1. The van der Waals surface area contributed by atoms with E-state index in [-0.39, 0.29) is 33.3 Å². The summed E-state index contributed by atoms with van der Waals surface area (Å²) in [7, 11) is 1.23. The van der Waals surface area contributed by atoms with Crippen LogP contribution >= 0.6 is 11.6 Å².